The number of tetrazole rings is 1. The fraction of sp³-hybridized carbons (Fsp3) is 0.143. The van der Waals surface area contributed by atoms with Crippen LogP contribution in [0.15, 0.2) is 22.4 Å². The predicted octanol–water partition coefficient (Wildman–Crippen LogP) is 1.55. The Hall–Kier alpha value is -1.21. The molecule has 0 aliphatic rings. The second kappa shape index (κ2) is 4.11. The first kappa shape index (κ1) is 10.3. The molecule has 2 aromatic heterocycles. The van der Waals surface area contributed by atoms with Crippen molar-refractivity contribution in [1.82, 2.24) is 25.2 Å². The lowest BCUT2D eigenvalue weighted by atomic mass is 10.5. The summed E-state index contributed by atoms with van der Waals surface area (Å²) >= 11 is 6.61. The zero-order valence-corrected chi connectivity index (χ0v) is 9.13. The Labute approximate surface area is 93.6 Å². The Balaban J connectivity index is 2.29. The fourth-order valence-electron chi connectivity index (χ4n) is 0.871. The smallest absolute Gasteiger partial charge is 0.215 e. The molecule has 2 heterocycles. The van der Waals surface area contributed by atoms with Gasteiger partial charge in [-0.2, -0.15) is 0 Å². The molecule has 0 saturated carbocycles. The Morgan fingerprint density at radius 1 is 1.53 bits per heavy atom. The lowest BCUT2D eigenvalue weighted by molar-refractivity contribution is 0.586. The molecule has 0 atom stereocenters. The predicted molar refractivity (Wildman–Crippen MR) is 52.1 cm³/mol. The van der Waals surface area contributed by atoms with Gasteiger partial charge in [-0.1, -0.05) is 11.6 Å². The van der Waals surface area contributed by atoms with Crippen LogP contribution in [0.25, 0.3) is 0 Å². The molecule has 78 valence electrons. The molecule has 8 heteroatoms. The summed E-state index contributed by atoms with van der Waals surface area (Å²) in [7, 11) is 1.66. The maximum Gasteiger partial charge on any atom is 0.215 e. The maximum absolute atomic E-state index is 13.3. The van der Waals surface area contributed by atoms with Crippen LogP contribution in [0.2, 0.25) is 5.02 Å². The topological polar surface area (TPSA) is 56.5 Å². The molecule has 0 saturated heterocycles. The maximum atomic E-state index is 13.3. The first-order chi connectivity index (χ1) is 7.16. The van der Waals surface area contributed by atoms with Gasteiger partial charge in [-0.05, 0) is 28.3 Å². The van der Waals surface area contributed by atoms with Crippen molar-refractivity contribution >= 4 is 23.4 Å². The van der Waals surface area contributed by atoms with Crippen LogP contribution < -0.4 is 0 Å². The minimum atomic E-state index is -0.490. The quantitative estimate of drug-likeness (QED) is 0.804. The molecule has 0 amide bonds. The van der Waals surface area contributed by atoms with Crippen LogP contribution in [0.1, 0.15) is 0 Å². The summed E-state index contributed by atoms with van der Waals surface area (Å²) in [6.07, 6.45) is 1.37. The Kier molecular flexibility index (Phi) is 2.83. The van der Waals surface area contributed by atoms with Gasteiger partial charge in [-0.25, -0.2) is 14.1 Å². The van der Waals surface area contributed by atoms with Crippen LogP contribution in [0, 0.1) is 5.82 Å². The van der Waals surface area contributed by atoms with E-state index in [9.17, 15) is 4.39 Å². The summed E-state index contributed by atoms with van der Waals surface area (Å²) in [5.74, 6) is -0.490. The van der Waals surface area contributed by atoms with Crippen molar-refractivity contribution in [1.29, 1.82) is 0 Å². The second-order valence-electron chi connectivity index (χ2n) is 2.63. The lowest BCUT2D eigenvalue weighted by Crippen LogP contribution is -1.94. The molecule has 0 fully saturated rings. The highest BCUT2D eigenvalue weighted by Gasteiger charge is 2.10. The van der Waals surface area contributed by atoms with E-state index in [2.05, 4.69) is 20.5 Å². The number of aryl methyl sites for hydroxylation is 1. The van der Waals surface area contributed by atoms with Crippen molar-refractivity contribution < 1.29 is 4.39 Å². The van der Waals surface area contributed by atoms with Gasteiger partial charge in [0.2, 0.25) is 5.16 Å². The minimum Gasteiger partial charge on any atom is -0.245 e. The van der Waals surface area contributed by atoms with Gasteiger partial charge in [0.05, 0.1) is 5.02 Å². The molecule has 0 unspecified atom stereocenters. The number of hydrogen-bond donors (Lipinski definition) is 0. The average Bonchev–Trinajstić information content (AvgIpc) is 2.57. The van der Waals surface area contributed by atoms with E-state index in [4.69, 9.17) is 11.6 Å². The Bertz CT molecular complexity index is 488. The van der Waals surface area contributed by atoms with E-state index < -0.39 is 5.82 Å². The van der Waals surface area contributed by atoms with E-state index in [1.807, 2.05) is 0 Å². The molecule has 5 nitrogen and oxygen atoms in total. The van der Waals surface area contributed by atoms with Crippen LogP contribution >= 0.6 is 23.4 Å². The van der Waals surface area contributed by atoms with E-state index in [0.717, 1.165) is 11.8 Å². The van der Waals surface area contributed by atoms with Crippen molar-refractivity contribution in [2.75, 3.05) is 0 Å². The van der Waals surface area contributed by atoms with E-state index in [-0.39, 0.29) is 10.0 Å². The summed E-state index contributed by atoms with van der Waals surface area (Å²) in [5.41, 5.74) is 0. The van der Waals surface area contributed by atoms with Crippen LogP contribution in [-0.4, -0.2) is 25.2 Å². The fourth-order valence-corrected chi connectivity index (χ4v) is 1.70. The molecule has 0 radical (unpaired) electrons. The summed E-state index contributed by atoms with van der Waals surface area (Å²) in [5, 5.41) is 11.7. The van der Waals surface area contributed by atoms with Crippen molar-refractivity contribution in [3.05, 3.63) is 23.1 Å². The largest absolute Gasteiger partial charge is 0.245 e. The molecule has 0 aromatic carbocycles. The van der Waals surface area contributed by atoms with E-state index in [0.29, 0.717) is 5.16 Å². The number of aromatic nitrogens is 5. The standard InChI is InChI=1S/C7H5ClFN5S/c1-14-7(11-12-13-14)15-6-5(9)2-4(8)3-10-6/h2-3H,1H3. The number of hydrogen-bond acceptors (Lipinski definition) is 5. The summed E-state index contributed by atoms with van der Waals surface area (Å²) < 4.78 is 14.8. The summed E-state index contributed by atoms with van der Waals surface area (Å²) in [6, 6.07) is 1.20. The zero-order chi connectivity index (χ0) is 10.8. The van der Waals surface area contributed by atoms with Gasteiger partial charge >= 0.3 is 0 Å². The average molecular weight is 246 g/mol. The van der Waals surface area contributed by atoms with E-state index in [1.165, 1.54) is 16.9 Å². The van der Waals surface area contributed by atoms with Gasteiger partial charge in [0.15, 0.2) is 5.82 Å². The number of pyridine rings is 1. The van der Waals surface area contributed by atoms with Crippen molar-refractivity contribution in [2.24, 2.45) is 7.05 Å². The lowest BCUT2D eigenvalue weighted by Gasteiger charge is -1.99. The summed E-state index contributed by atoms with van der Waals surface area (Å²) in [4.78, 5) is 3.84. The second-order valence-corrected chi connectivity index (χ2v) is 4.02. The SMILES string of the molecule is Cn1nnnc1Sc1ncc(Cl)cc1F. The molecular weight excluding hydrogens is 241 g/mol. The van der Waals surface area contributed by atoms with E-state index >= 15 is 0 Å². The molecule has 2 aromatic rings. The van der Waals surface area contributed by atoms with Gasteiger partial charge in [0, 0.05) is 13.2 Å². The zero-order valence-electron chi connectivity index (χ0n) is 7.55. The molecule has 15 heavy (non-hydrogen) atoms. The third-order valence-electron chi connectivity index (χ3n) is 1.54. The highest BCUT2D eigenvalue weighted by atomic mass is 35.5. The van der Waals surface area contributed by atoms with Gasteiger partial charge in [-0.3, -0.25) is 0 Å². The van der Waals surface area contributed by atoms with Gasteiger partial charge in [-0.15, -0.1) is 5.10 Å². The molecule has 0 aliphatic heterocycles. The van der Waals surface area contributed by atoms with Crippen molar-refractivity contribution in [3.8, 4) is 0 Å². The van der Waals surface area contributed by atoms with Crippen LogP contribution in [0.4, 0.5) is 4.39 Å². The van der Waals surface area contributed by atoms with E-state index in [1.54, 1.807) is 7.05 Å². The van der Waals surface area contributed by atoms with Gasteiger partial charge < -0.3 is 0 Å². The first-order valence-electron chi connectivity index (χ1n) is 3.88. The number of rotatable bonds is 2. The molecule has 2 rings (SSSR count). The van der Waals surface area contributed by atoms with Gasteiger partial charge in [0.25, 0.3) is 0 Å². The van der Waals surface area contributed by atoms with Crippen LogP contribution in [-0.2, 0) is 7.05 Å². The monoisotopic (exact) mass is 245 g/mol. The molecule has 0 bridgehead atoms. The third kappa shape index (κ3) is 2.24. The highest BCUT2D eigenvalue weighted by molar-refractivity contribution is 7.99. The summed E-state index contributed by atoms with van der Waals surface area (Å²) in [6.45, 7) is 0. The molecular formula is C7H5ClFN5S. The van der Waals surface area contributed by atoms with Crippen molar-refractivity contribution in [3.63, 3.8) is 0 Å². The number of halogens is 2. The highest BCUT2D eigenvalue weighted by Crippen LogP contribution is 2.26. The molecule has 0 spiro atoms. The van der Waals surface area contributed by atoms with Crippen LogP contribution in [0.3, 0.4) is 0 Å². The third-order valence-corrected chi connectivity index (χ3v) is 2.77. The Morgan fingerprint density at radius 2 is 2.33 bits per heavy atom. The normalized spacial score (nSPS) is 10.6. The first-order valence-corrected chi connectivity index (χ1v) is 5.07. The Morgan fingerprint density at radius 3 is 2.93 bits per heavy atom. The molecule has 0 aliphatic carbocycles. The minimum absolute atomic E-state index is 0.192. The number of nitrogens with zero attached hydrogens (tertiary/aromatic N) is 5. The van der Waals surface area contributed by atoms with Gasteiger partial charge in [0.1, 0.15) is 5.03 Å². The van der Waals surface area contributed by atoms with Crippen molar-refractivity contribution in [2.45, 2.75) is 10.2 Å². The molecule has 0 N–H and O–H groups in total. The van der Waals surface area contributed by atoms with Crippen LogP contribution in [0.5, 0.6) is 0 Å².